The largest absolute Gasteiger partial charge is 0.495 e. The smallest absolute Gasteiger partial charge is 0.227 e. The zero-order valence-corrected chi connectivity index (χ0v) is 19.9. The number of anilines is 1. The standard InChI is InChI=1S/C28H29N3O4/c1-19-11-13-22(14-12-19)35-18-21(32)17-31-24-8-4-3-7-23(24)29-28(31)20-15-27(33)30(16-20)25-9-5-6-10-26(25)34-2/h3-14,20-21,32H,15-18H2,1-2H3/t20-,21-/m0/s1. The van der Waals surface area contributed by atoms with E-state index in [-0.39, 0.29) is 18.4 Å². The number of nitrogens with zero attached hydrogens (tertiary/aromatic N) is 3. The van der Waals surface area contributed by atoms with E-state index in [0.29, 0.717) is 25.3 Å². The van der Waals surface area contributed by atoms with Gasteiger partial charge < -0.3 is 24.0 Å². The van der Waals surface area contributed by atoms with Gasteiger partial charge in [0.05, 0.1) is 30.4 Å². The van der Waals surface area contributed by atoms with Crippen LogP contribution in [-0.2, 0) is 11.3 Å². The Labute approximate surface area is 204 Å². The van der Waals surface area contributed by atoms with Gasteiger partial charge in [0.15, 0.2) is 0 Å². The summed E-state index contributed by atoms with van der Waals surface area (Å²) in [5.74, 6) is 2.11. The average molecular weight is 472 g/mol. The van der Waals surface area contributed by atoms with Crippen molar-refractivity contribution in [3.05, 3.63) is 84.2 Å². The fourth-order valence-corrected chi connectivity index (χ4v) is 4.65. The molecule has 7 heteroatoms. The molecule has 1 fully saturated rings. The number of fused-ring (bicyclic) bond motifs is 1. The molecule has 180 valence electrons. The molecule has 4 aromatic rings. The summed E-state index contributed by atoms with van der Waals surface area (Å²) in [5, 5.41) is 10.8. The zero-order chi connectivity index (χ0) is 24.4. The van der Waals surface area contributed by atoms with Gasteiger partial charge in [-0.25, -0.2) is 4.98 Å². The Hall–Kier alpha value is -3.84. The van der Waals surface area contributed by atoms with Gasteiger partial charge in [-0.05, 0) is 43.3 Å². The van der Waals surface area contributed by atoms with Crippen LogP contribution in [0.15, 0.2) is 72.8 Å². The highest BCUT2D eigenvalue weighted by atomic mass is 16.5. The molecule has 2 atom stereocenters. The topological polar surface area (TPSA) is 76.8 Å². The van der Waals surface area contributed by atoms with E-state index in [1.807, 2.05) is 84.3 Å². The Kier molecular flexibility index (Phi) is 6.42. The number of methoxy groups -OCH3 is 1. The van der Waals surface area contributed by atoms with Gasteiger partial charge in [0.25, 0.3) is 0 Å². The highest BCUT2D eigenvalue weighted by molar-refractivity contribution is 5.97. The summed E-state index contributed by atoms with van der Waals surface area (Å²) >= 11 is 0. The Bertz CT molecular complexity index is 1330. The molecular formula is C28H29N3O4. The molecule has 0 saturated carbocycles. The van der Waals surface area contributed by atoms with E-state index in [4.69, 9.17) is 14.5 Å². The Balaban J connectivity index is 1.39. The molecule has 0 aliphatic carbocycles. The van der Waals surface area contributed by atoms with Crippen LogP contribution in [0.5, 0.6) is 11.5 Å². The van der Waals surface area contributed by atoms with Crippen LogP contribution in [0.1, 0.15) is 23.7 Å². The number of amides is 1. The van der Waals surface area contributed by atoms with E-state index in [1.165, 1.54) is 0 Å². The van der Waals surface area contributed by atoms with Gasteiger partial charge >= 0.3 is 0 Å². The minimum Gasteiger partial charge on any atom is -0.495 e. The monoisotopic (exact) mass is 471 g/mol. The van der Waals surface area contributed by atoms with Crippen molar-refractivity contribution >= 4 is 22.6 Å². The summed E-state index contributed by atoms with van der Waals surface area (Å²) in [6, 6.07) is 23.2. The zero-order valence-electron chi connectivity index (χ0n) is 19.9. The van der Waals surface area contributed by atoms with Crippen molar-refractivity contribution in [3.8, 4) is 11.5 Å². The van der Waals surface area contributed by atoms with Crippen LogP contribution < -0.4 is 14.4 Å². The van der Waals surface area contributed by atoms with Crippen molar-refractivity contribution in [2.45, 2.75) is 31.9 Å². The molecule has 1 amide bonds. The van der Waals surface area contributed by atoms with Gasteiger partial charge in [0.2, 0.25) is 5.91 Å². The van der Waals surface area contributed by atoms with Crippen LogP contribution in [0.25, 0.3) is 11.0 Å². The highest BCUT2D eigenvalue weighted by Gasteiger charge is 2.36. The third-order valence-corrected chi connectivity index (χ3v) is 6.41. The molecule has 3 aromatic carbocycles. The molecule has 2 heterocycles. The van der Waals surface area contributed by atoms with Crippen LogP contribution in [-0.4, -0.2) is 46.9 Å². The predicted molar refractivity (Wildman–Crippen MR) is 135 cm³/mol. The van der Waals surface area contributed by atoms with Crippen molar-refractivity contribution in [1.82, 2.24) is 9.55 Å². The van der Waals surface area contributed by atoms with Gasteiger partial charge in [-0.3, -0.25) is 4.79 Å². The van der Waals surface area contributed by atoms with Crippen molar-refractivity contribution in [1.29, 1.82) is 0 Å². The van der Waals surface area contributed by atoms with Gasteiger partial charge in [-0.15, -0.1) is 0 Å². The minimum absolute atomic E-state index is 0.0290. The first-order valence-electron chi connectivity index (χ1n) is 11.8. The van der Waals surface area contributed by atoms with Crippen LogP contribution >= 0.6 is 0 Å². The van der Waals surface area contributed by atoms with E-state index >= 15 is 0 Å². The van der Waals surface area contributed by atoms with Gasteiger partial charge in [-0.2, -0.15) is 0 Å². The third kappa shape index (κ3) is 4.72. The molecule has 0 radical (unpaired) electrons. The number of para-hydroxylation sites is 4. The number of aryl methyl sites for hydroxylation is 1. The number of hydrogen-bond acceptors (Lipinski definition) is 5. The molecule has 1 aromatic heterocycles. The van der Waals surface area contributed by atoms with Crippen LogP contribution in [0.3, 0.4) is 0 Å². The second-order valence-electron chi connectivity index (χ2n) is 8.92. The van der Waals surface area contributed by atoms with Crippen molar-refractivity contribution in [3.63, 3.8) is 0 Å². The van der Waals surface area contributed by atoms with E-state index < -0.39 is 6.10 Å². The number of hydrogen-bond donors (Lipinski definition) is 1. The molecule has 0 unspecified atom stereocenters. The van der Waals surface area contributed by atoms with Crippen LogP contribution in [0.2, 0.25) is 0 Å². The summed E-state index contributed by atoms with van der Waals surface area (Å²) < 4.78 is 13.3. The molecule has 1 saturated heterocycles. The Morgan fingerprint density at radius 1 is 1.06 bits per heavy atom. The molecule has 0 spiro atoms. The van der Waals surface area contributed by atoms with E-state index in [0.717, 1.165) is 33.9 Å². The third-order valence-electron chi connectivity index (χ3n) is 6.41. The molecule has 1 N–H and O–H groups in total. The maximum atomic E-state index is 13.0. The first-order chi connectivity index (χ1) is 17.0. The van der Waals surface area contributed by atoms with Crippen LogP contribution in [0, 0.1) is 6.92 Å². The lowest BCUT2D eigenvalue weighted by Gasteiger charge is -2.20. The Morgan fingerprint density at radius 3 is 2.60 bits per heavy atom. The summed E-state index contributed by atoms with van der Waals surface area (Å²) in [4.78, 5) is 19.7. The number of carbonyl (C=O) groups is 1. The number of aliphatic hydroxyl groups excluding tert-OH is 1. The van der Waals surface area contributed by atoms with Gasteiger partial charge in [-0.1, -0.05) is 42.0 Å². The second-order valence-corrected chi connectivity index (χ2v) is 8.92. The molecule has 5 rings (SSSR count). The van der Waals surface area contributed by atoms with Crippen LogP contribution in [0.4, 0.5) is 5.69 Å². The second kappa shape index (κ2) is 9.80. The van der Waals surface area contributed by atoms with Gasteiger partial charge in [0, 0.05) is 18.9 Å². The van der Waals surface area contributed by atoms with E-state index in [9.17, 15) is 9.90 Å². The summed E-state index contributed by atoms with van der Waals surface area (Å²) in [7, 11) is 1.61. The first-order valence-corrected chi connectivity index (χ1v) is 11.8. The highest BCUT2D eigenvalue weighted by Crippen LogP contribution is 2.37. The maximum Gasteiger partial charge on any atom is 0.227 e. The predicted octanol–water partition coefficient (Wildman–Crippen LogP) is 4.31. The van der Waals surface area contributed by atoms with E-state index in [2.05, 4.69) is 0 Å². The number of ether oxygens (including phenoxy) is 2. The molecule has 0 bridgehead atoms. The average Bonchev–Trinajstić information content (AvgIpc) is 3.44. The molecule has 35 heavy (non-hydrogen) atoms. The Morgan fingerprint density at radius 2 is 1.80 bits per heavy atom. The van der Waals surface area contributed by atoms with Crippen molar-refractivity contribution in [2.75, 3.05) is 25.2 Å². The number of rotatable bonds is 8. The summed E-state index contributed by atoms with van der Waals surface area (Å²) in [6.45, 7) is 3.00. The number of aromatic nitrogens is 2. The number of aliphatic hydroxyl groups is 1. The molecular weight excluding hydrogens is 442 g/mol. The summed E-state index contributed by atoms with van der Waals surface area (Å²) in [6.07, 6.45) is -0.396. The summed E-state index contributed by atoms with van der Waals surface area (Å²) in [5.41, 5.74) is 3.69. The normalized spacial score (nSPS) is 16.6. The molecule has 1 aliphatic rings. The number of imidazole rings is 1. The SMILES string of the molecule is COc1ccccc1N1C[C@@H](c2nc3ccccc3n2C[C@H](O)COc2ccc(C)cc2)CC1=O. The fraction of sp³-hybridized carbons (Fsp3) is 0.286. The number of carbonyl (C=O) groups excluding carboxylic acids is 1. The van der Waals surface area contributed by atoms with Crippen molar-refractivity contribution in [2.24, 2.45) is 0 Å². The minimum atomic E-state index is -0.741. The lowest BCUT2D eigenvalue weighted by atomic mass is 10.1. The van der Waals surface area contributed by atoms with Crippen molar-refractivity contribution < 1.29 is 19.4 Å². The fourth-order valence-electron chi connectivity index (χ4n) is 4.65. The first kappa shape index (κ1) is 22.9. The van der Waals surface area contributed by atoms with Gasteiger partial charge in [0.1, 0.15) is 30.0 Å². The lowest BCUT2D eigenvalue weighted by molar-refractivity contribution is -0.117. The quantitative estimate of drug-likeness (QED) is 0.414. The molecule has 7 nitrogen and oxygen atoms in total. The number of benzene rings is 3. The maximum absolute atomic E-state index is 13.0. The lowest BCUT2D eigenvalue weighted by Crippen LogP contribution is -2.26. The molecule has 1 aliphatic heterocycles. The van der Waals surface area contributed by atoms with E-state index in [1.54, 1.807) is 12.0 Å².